The van der Waals surface area contributed by atoms with Crippen LogP contribution in [0, 0.1) is 0 Å². The van der Waals surface area contributed by atoms with E-state index in [1.807, 2.05) is 18.3 Å². The standard InChI is InChI=1S/C14H16N2OS/c1-2-13(18-7-1)10-17-14-9-15-6-5-11(14)8-16-12-3-4-12/h1-2,5-7,9,12,16H,3-4,8,10H2. The number of thiophene rings is 1. The summed E-state index contributed by atoms with van der Waals surface area (Å²) in [5.74, 6) is 0.888. The molecule has 0 atom stereocenters. The normalized spacial score (nSPS) is 14.7. The summed E-state index contributed by atoms with van der Waals surface area (Å²) in [6.07, 6.45) is 6.23. The first-order valence-electron chi connectivity index (χ1n) is 6.23. The highest BCUT2D eigenvalue weighted by Gasteiger charge is 2.20. The van der Waals surface area contributed by atoms with Crippen molar-refractivity contribution in [2.75, 3.05) is 0 Å². The maximum absolute atomic E-state index is 5.84. The van der Waals surface area contributed by atoms with E-state index in [-0.39, 0.29) is 0 Å². The van der Waals surface area contributed by atoms with Gasteiger partial charge in [0.15, 0.2) is 0 Å². The second-order valence-electron chi connectivity index (χ2n) is 4.51. The molecule has 18 heavy (non-hydrogen) atoms. The molecule has 4 heteroatoms. The summed E-state index contributed by atoms with van der Waals surface area (Å²) in [5, 5.41) is 5.57. The molecule has 0 spiro atoms. The highest BCUT2D eigenvalue weighted by Crippen LogP contribution is 2.23. The molecule has 2 aromatic rings. The molecular weight excluding hydrogens is 244 g/mol. The van der Waals surface area contributed by atoms with Gasteiger partial charge in [0.25, 0.3) is 0 Å². The van der Waals surface area contributed by atoms with Crippen LogP contribution in [0.3, 0.4) is 0 Å². The van der Waals surface area contributed by atoms with Gasteiger partial charge in [-0.15, -0.1) is 11.3 Å². The van der Waals surface area contributed by atoms with E-state index < -0.39 is 0 Å². The second-order valence-corrected chi connectivity index (χ2v) is 5.54. The topological polar surface area (TPSA) is 34.1 Å². The van der Waals surface area contributed by atoms with Gasteiger partial charge in [-0.3, -0.25) is 4.98 Å². The van der Waals surface area contributed by atoms with Gasteiger partial charge in [0, 0.05) is 29.2 Å². The van der Waals surface area contributed by atoms with Crippen molar-refractivity contribution in [3.63, 3.8) is 0 Å². The minimum atomic E-state index is 0.625. The van der Waals surface area contributed by atoms with E-state index in [9.17, 15) is 0 Å². The Labute approximate surface area is 111 Å². The molecule has 3 rings (SSSR count). The predicted molar refractivity (Wildman–Crippen MR) is 72.7 cm³/mol. The minimum absolute atomic E-state index is 0.625. The van der Waals surface area contributed by atoms with Gasteiger partial charge in [-0.1, -0.05) is 6.07 Å². The molecule has 0 saturated heterocycles. The molecule has 0 bridgehead atoms. The molecule has 1 saturated carbocycles. The Morgan fingerprint density at radius 2 is 2.33 bits per heavy atom. The fourth-order valence-corrected chi connectivity index (χ4v) is 2.39. The SMILES string of the molecule is c1csc(COc2cnccc2CNC2CC2)c1. The Balaban J connectivity index is 1.62. The zero-order chi connectivity index (χ0) is 12.2. The van der Waals surface area contributed by atoms with E-state index in [4.69, 9.17) is 4.74 Å². The zero-order valence-corrected chi connectivity index (χ0v) is 11.0. The van der Waals surface area contributed by atoms with E-state index in [1.54, 1.807) is 17.5 Å². The molecule has 0 unspecified atom stereocenters. The van der Waals surface area contributed by atoms with Gasteiger partial charge in [0.2, 0.25) is 0 Å². The number of nitrogens with one attached hydrogen (secondary N) is 1. The first-order valence-corrected chi connectivity index (χ1v) is 7.11. The van der Waals surface area contributed by atoms with Crippen molar-refractivity contribution in [2.45, 2.75) is 32.0 Å². The molecule has 94 valence electrons. The minimum Gasteiger partial charge on any atom is -0.486 e. The number of hydrogen-bond acceptors (Lipinski definition) is 4. The van der Waals surface area contributed by atoms with Gasteiger partial charge in [0.1, 0.15) is 12.4 Å². The van der Waals surface area contributed by atoms with Crippen LogP contribution >= 0.6 is 11.3 Å². The number of hydrogen-bond donors (Lipinski definition) is 1. The molecule has 0 aliphatic heterocycles. The Morgan fingerprint density at radius 3 is 3.11 bits per heavy atom. The third-order valence-corrected chi connectivity index (χ3v) is 3.83. The Bertz CT molecular complexity index is 494. The van der Waals surface area contributed by atoms with Crippen LogP contribution in [-0.4, -0.2) is 11.0 Å². The summed E-state index contributed by atoms with van der Waals surface area (Å²) < 4.78 is 5.84. The second kappa shape index (κ2) is 5.50. The molecule has 3 nitrogen and oxygen atoms in total. The van der Waals surface area contributed by atoms with Crippen molar-refractivity contribution >= 4 is 11.3 Å². The molecule has 2 heterocycles. The molecule has 1 aliphatic rings. The van der Waals surface area contributed by atoms with Crippen LogP contribution in [0.2, 0.25) is 0 Å². The number of aromatic nitrogens is 1. The summed E-state index contributed by atoms with van der Waals surface area (Å²) in [6.45, 7) is 1.49. The van der Waals surface area contributed by atoms with Crippen molar-refractivity contribution in [3.05, 3.63) is 46.4 Å². The van der Waals surface area contributed by atoms with Gasteiger partial charge in [-0.25, -0.2) is 0 Å². The van der Waals surface area contributed by atoms with Crippen LogP contribution in [0.1, 0.15) is 23.3 Å². The van der Waals surface area contributed by atoms with Crippen LogP contribution in [0.4, 0.5) is 0 Å². The summed E-state index contributed by atoms with van der Waals surface area (Å²) in [5.41, 5.74) is 1.19. The lowest BCUT2D eigenvalue weighted by Gasteiger charge is -2.10. The zero-order valence-electron chi connectivity index (χ0n) is 10.1. The summed E-state index contributed by atoms with van der Waals surface area (Å²) in [6, 6.07) is 6.87. The van der Waals surface area contributed by atoms with Crippen LogP contribution < -0.4 is 10.1 Å². The van der Waals surface area contributed by atoms with Gasteiger partial charge < -0.3 is 10.1 Å². The van der Waals surface area contributed by atoms with Crippen molar-refractivity contribution in [2.24, 2.45) is 0 Å². The summed E-state index contributed by atoms with van der Waals surface area (Å²) in [7, 11) is 0. The first-order chi connectivity index (χ1) is 8.92. The number of rotatable bonds is 6. The van der Waals surface area contributed by atoms with E-state index >= 15 is 0 Å². The van der Waals surface area contributed by atoms with E-state index in [1.165, 1.54) is 23.3 Å². The largest absolute Gasteiger partial charge is 0.486 e. The monoisotopic (exact) mass is 260 g/mol. The smallest absolute Gasteiger partial charge is 0.142 e. The van der Waals surface area contributed by atoms with Crippen molar-refractivity contribution in [1.29, 1.82) is 0 Å². The Kier molecular flexibility index (Phi) is 3.57. The van der Waals surface area contributed by atoms with Gasteiger partial charge in [-0.05, 0) is 30.4 Å². The van der Waals surface area contributed by atoms with Crippen LogP contribution in [-0.2, 0) is 13.2 Å². The Hall–Kier alpha value is -1.39. The Morgan fingerprint density at radius 1 is 1.39 bits per heavy atom. The fraction of sp³-hybridized carbons (Fsp3) is 0.357. The molecule has 0 aromatic carbocycles. The average molecular weight is 260 g/mol. The summed E-state index contributed by atoms with van der Waals surface area (Å²) >= 11 is 1.72. The third-order valence-electron chi connectivity index (χ3n) is 2.98. The maximum Gasteiger partial charge on any atom is 0.142 e. The third kappa shape index (κ3) is 3.09. The van der Waals surface area contributed by atoms with Crippen LogP contribution in [0.5, 0.6) is 5.75 Å². The molecule has 0 amide bonds. The molecular formula is C14H16N2OS. The molecule has 2 aromatic heterocycles. The van der Waals surface area contributed by atoms with Gasteiger partial charge >= 0.3 is 0 Å². The fourth-order valence-electron chi connectivity index (χ4n) is 1.77. The summed E-state index contributed by atoms with van der Waals surface area (Å²) in [4.78, 5) is 5.37. The molecule has 1 fully saturated rings. The van der Waals surface area contributed by atoms with Crippen molar-refractivity contribution in [3.8, 4) is 5.75 Å². The predicted octanol–water partition coefficient (Wildman–Crippen LogP) is 2.97. The van der Waals surface area contributed by atoms with Gasteiger partial charge in [0.05, 0.1) is 6.20 Å². The van der Waals surface area contributed by atoms with E-state index in [0.29, 0.717) is 12.6 Å². The van der Waals surface area contributed by atoms with E-state index in [0.717, 1.165) is 12.3 Å². The molecule has 1 N–H and O–H groups in total. The lowest BCUT2D eigenvalue weighted by Crippen LogP contribution is -2.16. The molecule has 1 aliphatic carbocycles. The van der Waals surface area contributed by atoms with Crippen molar-refractivity contribution < 1.29 is 4.74 Å². The number of pyridine rings is 1. The maximum atomic E-state index is 5.84. The average Bonchev–Trinajstić information content (AvgIpc) is 3.09. The molecule has 0 radical (unpaired) electrons. The highest BCUT2D eigenvalue weighted by molar-refractivity contribution is 7.09. The van der Waals surface area contributed by atoms with Crippen molar-refractivity contribution in [1.82, 2.24) is 10.3 Å². The lowest BCUT2D eigenvalue weighted by atomic mass is 10.2. The first kappa shape index (κ1) is 11.7. The van der Waals surface area contributed by atoms with Crippen LogP contribution in [0.25, 0.3) is 0 Å². The van der Waals surface area contributed by atoms with Crippen LogP contribution in [0.15, 0.2) is 36.0 Å². The lowest BCUT2D eigenvalue weighted by molar-refractivity contribution is 0.304. The number of nitrogens with zero attached hydrogens (tertiary/aromatic N) is 1. The van der Waals surface area contributed by atoms with Gasteiger partial charge in [-0.2, -0.15) is 0 Å². The highest BCUT2D eigenvalue weighted by atomic mass is 32.1. The van der Waals surface area contributed by atoms with E-state index in [2.05, 4.69) is 21.7 Å². The number of ether oxygens (including phenoxy) is 1. The quantitative estimate of drug-likeness (QED) is 0.867.